The lowest BCUT2D eigenvalue weighted by molar-refractivity contribution is -0.112. The first-order chi connectivity index (χ1) is 12.0. The molecule has 0 aliphatic heterocycles. The average Bonchev–Trinajstić information content (AvgIpc) is 2.58. The van der Waals surface area contributed by atoms with Gasteiger partial charge in [-0.15, -0.1) is 6.42 Å². The van der Waals surface area contributed by atoms with Crippen molar-refractivity contribution >= 4 is 29.3 Å². The lowest BCUT2D eigenvalue weighted by atomic mass is 10.1. The molecular formula is C20H15ClN2O2. The number of benzene rings is 2. The predicted octanol–water partition coefficient (Wildman–Crippen LogP) is 4.21. The maximum absolute atomic E-state index is 12.4. The highest BCUT2D eigenvalue weighted by molar-refractivity contribution is 6.30. The van der Waals surface area contributed by atoms with Crippen LogP contribution in [0.1, 0.15) is 11.1 Å². The van der Waals surface area contributed by atoms with Crippen LogP contribution in [0, 0.1) is 30.6 Å². The number of nitriles is 1. The van der Waals surface area contributed by atoms with Crippen LogP contribution in [-0.4, -0.2) is 12.5 Å². The van der Waals surface area contributed by atoms with Crippen LogP contribution in [0.5, 0.6) is 5.75 Å². The van der Waals surface area contributed by atoms with E-state index in [4.69, 9.17) is 22.8 Å². The fraction of sp³-hybridized carbons (Fsp3) is 0.100. The molecule has 0 fully saturated rings. The topological polar surface area (TPSA) is 62.1 Å². The fourth-order valence-electron chi connectivity index (χ4n) is 2.11. The number of halogens is 1. The van der Waals surface area contributed by atoms with Gasteiger partial charge in [-0.3, -0.25) is 4.79 Å². The van der Waals surface area contributed by atoms with Crippen molar-refractivity contribution < 1.29 is 9.53 Å². The number of nitrogens with one attached hydrogen (secondary N) is 1. The van der Waals surface area contributed by atoms with Crippen LogP contribution in [0.15, 0.2) is 48.0 Å². The molecule has 4 nitrogen and oxygen atoms in total. The molecule has 0 spiro atoms. The third kappa shape index (κ3) is 5.14. The number of anilines is 1. The first-order valence-corrected chi connectivity index (χ1v) is 7.77. The third-order valence-electron chi connectivity index (χ3n) is 3.22. The maximum Gasteiger partial charge on any atom is 0.266 e. The van der Waals surface area contributed by atoms with Crippen molar-refractivity contribution in [1.82, 2.24) is 0 Å². The monoisotopic (exact) mass is 350 g/mol. The number of carbonyl (C=O) groups excluding carboxylic acids is 1. The zero-order valence-electron chi connectivity index (χ0n) is 13.5. The highest BCUT2D eigenvalue weighted by Gasteiger charge is 2.12. The Hall–Kier alpha value is -3.21. The first kappa shape index (κ1) is 18.1. The summed E-state index contributed by atoms with van der Waals surface area (Å²) >= 11 is 6.00. The highest BCUT2D eigenvalue weighted by atomic mass is 35.5. The summed E-state index contributed by atoms with van der Waals surface area (Å²) in [4.78, 5) is 12.4. The lowest BCUT2D eigenvalue weighted by Gasteiger charge is -2.08. The Balaban J connectivity index is 2.30. The molecule has 5 heteroatoms. The molecule has 0 saturated heterocycles. The molecule has 0 atom stereocenters. The summed E-state index contributed by atoms with van der Waals surface area (Å²) in [5, 5.41) is 12.5. The molecule has 0 saturated carbocycles. The number of hydrogen-bond acceptors (Lipinski definition) is 3. The van der Waals surface area contributed by atoms with E-state index in [9.17, 15) is 10.1 Å². The zero-order valence-corrected chi connectivity index (χ0v) is 14.3. The van der Waals surface area contributed by atoms with Gasteiger partial charge in [0, 0.05) is 16.3 Å². The Morgan fingerprint density at radius 1 is 1.36 bits per heavy atom. The van der Waals surface area contributed by atoms with E-state index in [-0.39, 0.29) is 12.2 Å². The van der Waals surface area contributed by atoms with Crippen molar-refractivity contribution in [3.63, 3.8) is 0 Å². The Morgan fingerprint density at radius 2 is 2.16 bits per heavy atom. The quantitative estimate of drug-likeness (QED) is 0.499. The van der Waals surface area contributed by atoms with Crippen LogP contribution in [0.25, 0.3) is 6.08 Å². The summed E-state index contributed by atoms with van der Waals surface area (Å²) in [5.74, 6) is 2.29. The smallest absolute Gasteiger partial charge is 0.266 e. The normalized spacial score (nSPS) is 10.5. The van der Waals surface area contributed by atoms with E-state index in [1.807, 2.05) is 31.2 Å². The molecule has 2 aromatic rings. The minimum atomic E-state index is -0.518. The third-order valence-corrected chi connectivity index (χ3v) is 3.46. The number of carbonyl (C=O) groups is 1. The van der Waals surface area contributed by atoms with Crippen molar-refractivity contribution in [2.75, 3.05) is 11.9 Å². The van der Waals surface area contributed by atoms with E-state index >= 15 is 0 Å². The van der Waals surface area contributed by atoms with E-state index in [0.717, 1.165) is 5.56 Å². The molecule has 0 aromatic heterocycles. The zero-order chi connectivity index (χ0) is 18.2. The molecule has 0 radical (unpaired) electrons. The number of amides is 1. The van der Waals surface area contributed by atoms with E-state index < -0.39 is 5.91 Å². The van der Waals surface area contributed by atoms with Gasteiger partial charge in [0.25, 0.3) is 5.91 Å². The molecule has 25 heavy (non-hydrogen) atoms. The summed E-state index contributed by atoms with van der Waals surface area (Å²) in [7, 11) is 0. The van der Waals surface area contributed by atoms with Gasteiger partial charge in [0.15, 0.2) is 0 Å². The Morgan fingerprint density at radius 3 is 2.84 bits per heavy atom. The van der Waals surface area contributed by atoms with Gasteiger partial charge >= 0.3 is 0 Å². The molecule has 1 amide bonds. The van der Waals surface area contributed by atoms with Gasteiger partial charge in [-0.25, -0.2) is 0 Å². The van der Waals surface area contributed by atoms with Crippen LogP contribution in [-0.2, 0) is 4.79 Å². The van der Waals surface area contributed by atoms with Crippen LogP contribution >= 0.6 is 11.6 Å². The Kier molecular flexibility index (Phi) is 6.23. The molecule has 0 aliphatic carbocycles. The molecule has 0 aliphatic rings. The van der Waals surface area contributed by atoms with E-state index in [0.29, 0.717) is 22.0 Å². The standard InChI is InChI=1S/C20H15ClN2O2/c1-3-9-25-19-8-7-17(21)12-15(19)11-16(13-22)20(24)23-18-6-4-5-14(2)10-18/h1,4-8,10-12H,9H2,2H3,(H,23,24)/b16-11+. The summed E-state index contributed by atoms with van der Waals surface area (Å²) in [6, 6.07) is 14.1. The summed E-state index contributed by atoms with van der Waals surface area (Å²) in [6.45, 7) is 1.98. The molecule has 0 bridgehead atoms. The number of hydrogen-bond donors (Lipinski definition) is 1. The van der Waals surface area contributed by atoms with E-state index in [1.165, 1.54) is 6.08 Å². The molecule has 2 rings (SSSR count). The number of aryl methyl sites for hydroxylation is 1. The molecular weight excluding hydrogens is 336 g/mol. The fourth-order valence-corrected chi connectivity index (χ4v) is 2.29. The second-order valence-corrected chi connectivity index (χ2v) is 5.60. The van der Waals surface area contributed by atoms with Gasteiger partial charge in [-0.2, -0.15) is 5.26 Å². The second-order valence-electron chi connectivity index (χ2n) is 5.17. The summed E-state index contributed by atoms with van der Waals surface area (Å²) < 4.78 is 5.42. The number of ether oxygens (including phenoxy) is 1. The van der Waals surface area contributed by atoms with Crippen LogP contribution < -0.4 is 10.1 Å². The van der Waals surface area contributed by atoms with Gasteiger partial charge in [0.2, 0.25) is 0 Å². The molecule has 0 heterocycles. The number of terminal acetylenes is 1. The molecule has 2 aromatic carbocycles. The molecule has 124 valence electrons. The van der Waals surface area contributed by atoms with Crippen molar-refractivity contribution in [2.24, 2.45) is 0 Å². The van der Waals surface area contributed by atoms with E-state index in [2.05, 4.69) is 11.2 Å². The second kappa shape index (κ2) is 8.59. The Labute approximate surface area is 151 Å². The van der Waals surface area contributed by atoms with Crippen LogP contribution in [0.3, 0.4) is 0 Å². The lowest BCUT2D eigenvalue weighted by Crippen LogP contribution is -2.13. The van der Waals surface area contributed by atoms with Gasteiger partial charge in [0.1, 0.15) is 24.0 Å². The van der Waals surface area contributed by atoms with Crippen molar-refractivity contribution in [3.05, 3.63) is 64.2 Å². The predicted molar refractivity (Wildman–Crippen MR) is 99.2 cm³/mol. The Bertz CT molecular complexity index is 905. The number of nitrogens with zero attached hydrogens (tertiary/aromatic N) is 1. The van der Waals surface area contributed by atoms with E-state index in [1.54, 1.807) is 24.3 Å². The minimum absolute atomic E-state index is 0.0693. The van der Waals surface area contributed by atoms with Gasteiger partial charge in [0.05, 0.1) is 0 Å². The summed E-state index contributed by atoms with van der Waals surface area (Å²) in [5.41, 5.74) is 2.04. The highest BCUT2D eigenvalue weighted by Crippen LogP contribution is 2.25. The SMILES string of the molecule is C#CCOc1ccc(Cl)cc1/C=C(\C#N)C(=O)Nc1cccc(C)c1. The van der Waals surface area contributed by atoms with Crippen molar-refractivity contribution in [1.29, 1.82) is 5.26 Å². The minimum Gasteiger partial charge on any atom is -0.480 e. The van der Waals surface area contributed by atoms with Crippen LogP contribution in [0.2, 0.25) is 5.02 Å². The van der Waals surface area contributed by atoms with Gasteiger partial charge in [-0.05, 0) is 48.9 Å². The van der Waals surface area contributed by atoms with Gasteiger partial charge < -0.3 is 10.1 Å². The molecule has 0 unspecified atom stereocenters. The average molecular weight is 351 g/mol. The largest absolute Gasteiger partial charge is 0.480 e. The summed E-state index contributed by atoms with van der Waals surface area (Å²) in [6.07, 6.45) is 6.62. The first-order valence-electron chi connectivity index (χ1n) is 7.39. The van der Waals surface area contributed by atoms with Crippen molar-refractivity contribution in [2.45, 2.75) is 6.92 Å². The van der Waals surface area contributed by atoms with Gasteiger partial charge in [-0.1, -0.05) is 29.7 Å². The molecule has 1 N–H and O–H groups in total. The maximum atomic E-state index is 12.4. The van der Waals surface area contributed by atoms with Crippen LogP contribution in [0.4, 0.5) is 5.69 Å². The number of rotatable bonds is 5. The van der Waals surface area contributed by atoms with Crippen molar-refractivity contribution in [3.8, 4) is 24.2 Å².